The van der Waals surface area contributed by atoms with E-state index in [2.05, 4.69) is 0 Å². The Morgan fingerprint density at radius 2 is 1.89 bits per heavy atom. The van der Waals surface area contributed by atoms with Crippen molar-refractivity contribution in [1.82, 2.24) is 4.90 Å². The van der Waals surface area contributed by atoms with E-state index in [0.29, 0.717) is 67.1 Å². The molecule has 36 heavy (non-hydrogen) atoms. The van der Waals surface area contributed by atoms with Gasteiger partial charge in [-0.2, -0.15) is 0 Å². The Hall–Kier alpha value is -3.03. The van der Waals surface area contributed by atoms with Gasteiger partial charge in [0.05, 0.1) is 12.7 Å². The number of carbonyl (C=O) groups is 2. The fourth-order valence-corrected chi connectivity index (χ4v) is 5.17. The van der Waals surface area contributed by atoms with Crippen molar-refractivity contribution in [2.45, 2.75) is 58.2 Å². The largest absolute Gasteiger partial charge is 0.507 e. The normalized spacial score (nSPS) is 17.1. The molecule has 0 bridgehead atoms. The molecule has 2 heterocycles. The van der Waals surface area contributed by atoms with Crippen LogP contribution in [-0.2, 0) is 28.2 Å². The standard InChI is InChI=1S/C28H32ClNO6/c1-17(4-10-21-25(32)24-22(16-36-27(24)33)18(2)26(21)35-3)5-11-23(31)30-14-12-28(34,13-15-30)19-6-8-20(29)9-7-19/h4,6-9,32,34H,5,10-16H2,1-3H3/b17-4+. The first-order chi connectivity index (χ1) is 17.1. The summed E-state index contributed by atoms with van der Waals surface area (Å²) in [6.07, 6.45) is 4.22. The average Bonchev–Trinajstić information content (AvgIpc) is 3.26. The van der Waals surface area contributed by atoms with E-state index < -0.39 is 11.6 Å². The van der Waals surface area contributed by atoms with Gasteiger partial charge in [-0.15, -0.1) is 0 Å². The number of halogens is 1. The summed E-state index contributed by atoms with van der Waals surface area (Å²) >= 11 is 5.96. The van der Waals surface area contributed by atoms with E-state index in [4.69, 9.17) is 21.1 Å². The SMILES string of the molecule is COc1c(C)c2c(c(O)c1C/C=C(\C)CCC(=O)N1CCC(O)(c3ccc(Cl)cc3)CC1)C(=O)OC2. The molecule has 0 spiro atoms. The van der Waals surface area contributed by atoms with Crippen LogP contribution in [-0.4, -0.2) is 47.2 Å². The van der Waals surface area contributed by atoms with Crippen LogP contribution in [0.4, 0.5) is 0 Å². The van der Waals surface area contributed by atoms with Crippen molar-refractivity contribution < 1.29 is 29.3 Å². The monoisotopic (exact) mass is 513 g/mol. The second-order valence-corrected chi connectivity index (χ2v) is 10.0. The Morgan fingerprint density at radius 1 is 1.22 bits per heavy atom. The highest BCUT2D eigenvalue weighted by Gasteiger charge is 2.35. The number of benzene rings is 2. The van der Waals surface area contributed by atoms with Gasteiger partial charge in [0.2, 0.25) is 5.91 Å². The number of methoxy groups -OCH3 is 1. The summed E-state index contributed by atoms with van der Waals surface area (Å²) in [7, 11) is 1.54. The minimum Gasteiger partial charge on any atom is -0.507 e. The smallest absolute Gasteiger partial charge is 0.342 e. The van der Waals surface area contributed by atoms with E-state index in [1.807, 2.05) is 37.0 Å². The van der Waals surface area contributed by atoms with Crippen LogP contribution in [0.3, 0.4) is 0 Å². The Labute approximate surface area is 216 Å². The van der Waals surface area contributed by atoms with Crippen molar-refractivity contribution in [1.29, 1.82) is 0 Å². The number of phenols is 1. The third-order valence-electron chi connectivity index (χ3n) is 7.36. The third kappa shape index (κ3) is 5.08. The van der Waals surface area contributed by atoms with E-state index in [9.17, 15) is 19.8 Å². The molecule has 2 aliphatic rings. The number of rotatable bonds is 7. The van der Waals surface area contributed by atoms with Gasteiger partial charge in [0.1, 0.15) is 23.7 Å². The number of aliphatic hydroxyl groups is 1. The van der Waals surface area contributed by atoms with Gasteiger partial charge in [0, 0.05) is 35.7 Å². The number of fused-ring (bicyclic) bond motifs is 1. The molecule has 0 unspecified atom stereocenters. The summed E-state index contributed by atoms with van der Waals surface area (Å²) in [5, 5.41) is 22.4. The number of phenolic OH excluding ortho intramolecular Hbond substituents is 1. The maximum absolute atomic E-state index is 12.8. The van der Waals surface area contributed by atoms with Gasteiger partial charge in [0.25, 0.3) is 0 Å². The molecule has 2 aromatic carbocycles. The summed E-state index contributed by atoms with van der Waals surface area (Å²) in [4.78, 5) is 26.7. The molecular weight excluding hydrogens is 482 g/mol. The summed E-state index contributed by atoms with van der Waals surface area (Å²) in [6, 6.07) is 7.22. The molecule has 0 radical (unpaired) electrons. The molecule has 4 rings (SSSR count). The van der Waals surface area contributed by atoms with E-state index in [-0.39, 0.29) is 23.8 Å². The number of piperidine rings is 1. The Morgan fingerprint density at radius 3 is 2.53 bits per heavy atom. The molecular formula is C28H32ClNO6. The van der Waals surface area contributed by atoms with Crippen molar-refractivity contribution in [3.8, 4) is 11.5 Å². The molecule has 1 saturated heterocycles. The lowest BCUT2D eigenvalue weighted by Gasteiger charge is -2.38. The van der Waals surface area contributed by atoms with Crippen molar-refractivity contribution in [3.63, 3.8) is 0 Å². The Bertz CT molecular complexity index is 1200. The van der Waals surface area contributed by atoms with Crippen molar-refractivity contribution in [2.24, 2.45) is 0 Å². The molecule has 192 valence electrons. The van der Waals surface area contributed by atoms with Crippen LogP contribution in [0.1, 0.15) is 65.2 Å². The topological polar surface area (TPSA) is 96.3 Å². The van der Waals surface area contributed by atoms with Crippen LogP contribution in [0.2, 0.25) is 5.02 Å². The Kier molecular flexibility index (Phi) is 7.62. The van der Waals surface area contributed by atoms with Crippen LogP contribution in [0.15, 0.2) is 35.9 Å². The van der Waals surface area contributed by atoms with Gasteiger partial charge >= 0.3 is 5.97 Å². The second-order valence-electron chi connectivity index (χ2n) is 9.59. The average molecular weight is 514 g/mol. The molecule has 2 N–H and O–H groups in total. The molecule has 2 aromatic rings. The number of cyclic esters (lactones) is 1. The molecule has 0 aromatic heterocycles. The minimum absolute atomic E-state index is 0.0532. The van der Waals surface area contributed by atoms with Gasteiger partial charge < -0.3 is 24.6 Å². The van der Waals surface area contributed by atoms with Crippen molar-refractivity contribution in [3.05, 3.63) is 68.8 Å². The summed E-state index contributed by atoms with van der Waals surface area (Å²) in [6.45, 7) is 4.92. The van der Waals surface area contributed by atoms with Gasteiger partial charge in [-0.1, -0.05) is 35.4 Å². The predicted octanol–water partition coefficient (Wildman–Crippen LogP) is 4.81. The quantitative estimate of drug-likeness (QED) is 0.407. The maximum atomic E-state index is 12.8. The highest BCUT2D eigenvalue weighted by Crippen LogP contribution is 2.42. The molecule has 0 saturated carbocycles. The molecule has 2 aliphatic heterocycles. The van der Waals surface area contributed by atoms with Crippen LogP contribution in [0, 0.1) is 6.92 Å². The zero-order valence-electron chi connectivity index (χ0n) is 20.9. The number of allylic oxidation sites excluding steroid dienone is 2. The second kappa shape index (κ2) is 10.5. The first kappa shape index (κ1) is 26.0. The van der Waals surface area contributed by atoms with Crippen molar-refractivity contribution in [2.75, 3.05) is 20.2 Å². The molecule has 0 aliphatic carbocycles. The van der Waals surface area contributed by atoms with Gasteiger partial charge in [-0.3, -0.25) is 4.79 Å². The lowest BCUT2D eigenvalue weighted by molar-refractivity contribution is -0.135. The molecule has 1 amide bonds. The lowest BCUT2D eigenvalue weighted by Crippen LogP contribution is -2.45. The number of esters is 1. The van der Waals surface area contributed by atoms with Crippen LogP contribution in [0.5, 0.6) is 11.5 Å². The summed E-state index contributed by atoms with van der Waals surface area (Å²) in [5.74, 6) is -0.0227. The first-order valence-electron chi connectivity index (χ1n) is 12.1. The molecule has 7 nitrogen and oxygen atoms in total. The summed E-state index contributed by atoms with van der Waals surface area (Å²) in [5.41, 5.74) is 3.08. The van der Waals surface area contributed by atoms with Crippen LogP contribution < -0.4 is 4.74 Å². The number of likely N-dealkylation sites (tertiary alicyclic amines) is 1. The highest BCUT2D eigenvalue weighted by atomic mass is 35.5. The van der Waals surface area contributed by atoms with Crippen LogP contribution in [0.25, 0.3) is 0 Å². The minimum atomic E-state index is -0.946. The zero-order chi connectivity index (χ0) is 26.0. The number of nitrogens with zero attached hydrogens (tertiary/aromatic N) is 1. The van der Waals surface area contributed by atoms with E-state index in [1.165, 1.54) is 7.11 Å². The maximum Gasteiger partial charge on any atom is 0.342 e. The van der Waals surface area contributed by atoms with Gasteiger partial charge in [-0.25, -0.2) is 4.79 Å². The van der Waals surface area contributed by atoms with E-state index >= 15 is 0 Å². The highest BCUT2D eigenvalue weighted by molar-refractivity contribution is 6.30. The number of hydrogen-bond donors (Lipinski definition) is 2. The fourth-order valence-electron chi connectivity index (χ4n) is 5.04. The Balaban J connectivity index is 1.35. The fraction of sp³-hybridized carbons (Fsp3) is 0.429. The first-order valence-corrected chi connectivity index (χ1v) is 12.5. The number of ether oxygens (including phenoxy) is 2. The molecule has 0 atom stereocenters. The number of aromatic hydroxyl groups is 1. The lowest BCUT2D eigenvalue weighted by atomic mass is 9.84. The number of amides is 1. The number of carbonyl (C=O) groups excluding carboxylic acids is 2. The van der Waals surface area contributed by atoms with Gasteiger partial charge in [0.15, 0.2) is 0 Å². The third-order valence-corrected chi connectivity index (χ3v) is 7.61. The van der Waals surface area contributed by atoms with E-state index in [1.54, 1.807) is 12.1 Å². The predicted molar refractivity (Wildman–Crippen MR) is 136 cm³/mol. The summed E-state index contributed by atoms with van der Waals surface area (Å²) < 4.78 is 10.6. The van der Waals surface area contributed by atoms with Crippen molar-refractivity contribution >= 4 is 23.5 Å². The molecule has 8 heteroatoms. The van der Waals surface area contributed by atoms with Crippen LogP contribution >= 0.6 is 11.6 Å². The zero-order valence-corrected chi connectivity index (χ0v) is 21.7. The van der Waals surface area contributed by atoms with Gasteiger partial charge in [-0.05, 0) is 62.8 Å². The number of hydrogen-bond acceptors (Lipinski definition) is 6. The molecule has 1 fully saturated rings. The van der Waals surface area contributed by atoms with E-state index in [0.717, 1.165) is 16.7 Å².